The fraction of sp³-hybridized carbons (Fsp3) is 0.585. The van der Waals surface area contributed by atoms with E-state index in [1.165, 1.54) is 109 Å². The zero-order valence-electron chi connectivity index (χ0n) is 30.4. The molecule has 2 aliphatic rings. The summed E-state index contributed by atoms with van der Waals surface area (Å²) in [7, 11) is 0. The molecule has 0 spiro atoms. The number of nitrogens with zero attached hydrogens (tertiary/aromatic N) is 4. The molecule has 4 aromatic rings. The van der Waals surface area contributed by atoms with Crippen LogP contribution >= 0.6 is 0 Å². The highest BCUT2D eigenvalue weighted by atomic mass is 16.3. The summed E-state index contributed by atoms with van der Waals surface area (Å²) in [6.07, 6.45) is 20.2. The average Bonchev–Trinajstić information content (AvgIpc) is 3.64. The Hall–Kier alpha value is -3.57. The van der Waals surface area contributed by atoms with Gasteiger partial charge in [0.1, 0.15) is 18.2 Å². The van der Waals surface area contributed by atoms with Crippen molar-refractivity contribution in [1.29, 1.82) is 0 Å². The van der Waals surface area contributed by atoms with Gasteiger partial charge in [0.25, 0.3) is 0 Å². The first-order valence-electron chi connectivity index (χ1n) is 19.6. The minimum Gasteiger partial charge on any atom is -0.506 e. The van der Waals surface area contributed by atoms with Gasteiger partial charge in [-0.15, -0.1) is 0 Å². The maximum Gasteiger partial charge on any atom is 0.248 e. The van der Waals surface area contributed by atoms with Crippen molar-refractivity contribution in [2.45, 2.75) is 115 Å². The van der Waals surface area contributed by atoms with Gasteiger partial charge in [-0.3, -0.25) is 9.48 Å². The van der Waals surface area contributed by atoms with Gasteiger partial charge in [-0.05, 0) is 81.0 Å². The number of piperidine rings is 1. The molecule has 2 aromatic carbocycles. The Bertz CT molecular complexity index is 1600. The number of benzene rings is 2. The molecule has 1 aliphatic carbocycles. The standard InChI is InChI=1S/C35H48N6O4.C6H12/c42-30-15-13-28(29-14-16-32(44)38-33(29)30)31(43)23-36-19-9-4-2-1-3-5-10-20-40-21-17-26(18-22-40)24-41-25-37-35(39-41)34(45)27-11-7-6-8-12-27;1-2-4-6-5-3-1/h6-8,11-16,25-26,31,34,36,42-43,45H,1-5,9-10,17-24H2,(H,38,44);1-6H2. The highest BCUT2D eigenvalue weighted by molar-refractivity contribution is 5.87. The molecule has 278 valence electrons. The number of aliphatic hydroxyl groups excluding tert-OH is 2. The number of hydrogen-bond donors (Lipinski definition) is 5. The zero-order valence-corrected chi connectivity index (χ0v) is 30.4. The van der Waals surface area contributed by atoms with Crippen LogP contribution in [0.1, 0.15) is 125 Å². The third kappa shape index (κ3) is 12.6. The van der Waals surface area contributed by atoms with E-state index in [-0.39, 0.29) is 11.3 Å². The minimum atomic E-state index is -0.785. The molecule has 6 rings (SSSR count). The summed E-state index contributed by atoms with van der Waals surface area (Å²) in [5.74, 6) is 1.07. The molecule has 0 amide bonds. The van der Waals surface area contributed by atoms with E-state index in [4.69, 9.17) is 0 Å². The zero-order chi connectivity index (χ0) is 35.7. The number of aromatic nitrogens is 4. The van der Waals surface area contributed by atoms with Gasteiger partial charge in [-0.2, -0.15) is 5.10 Å². The molecule has 3 heterocycles. The summed E-state index contributed by atoms with van der Waals surface area (Å²) in [4.78, 5) is 21.2. The first-order valence-corrected chi connectivity index (χ1v) is 19.6. The number of aliphatic hydroxyl groups is 2. The number of nitrogens with one attached hydrogen (secondary N) is 2. The molecule has 2 atom stereocenters. The van der Waals surface area contributed by atoms with Crippen molar-refractivity contribution in [3.63, 3.8) is 0 Å². The summed E-state index contributed by atoms with van der Waals surface area (Å²) in [5.41, 5.74) is 1.58. The van der Waals surface area contributed by atoms with Crippen molar-refractivity contribution in [3.05, 3.63) is 88.2 Å². The van der Waals surface area contributed by atoms with E-state index in [0.29, 0.717) is 34.8 Å². The van der Waals surface area contributed by atoms with Crippen LogP contribution in [0.25, 0.3) is 10.9 Å². The molecule has 1 aliphatic heterocycles. The van der Waals surface area contributed by atoms with Crippen molar-refractivity contribution in [2.75, 3.05) is 32.7 Å². The Kier molecular flexibility index (Phi) is 16.0. The maximum absolute atomic E-state index is 11.6. The maximum atomic E-state index is 11.6. The molecule has 2 unspecified atom stereocenters. The van der Waals surface area contributed by atoms with Crippen molar-refractivity contribution in [1.82, 2.24) is 30.0 Å². The van der Waals surface area contributed by atoms with Crippen molar-refractivity contribution >= 4 is 10.9 Å². The number of H-pyrrole nitrogens is 1. The predicted octanol–water partition coefficient (Wildman–Crippen LogP) is 7.01. The van der Waals surface area contributed by atoms with E-state index < -0.39 is 12.2 Å². The fourth-order valence-corrected chi connectivity index (χ4v) is 7.39. The summed E-state index contributed by atoms with van der Waals surface area (Å²) < 4.78 is 1.89. The van der Waals surface area contributed by atoms with Crippen molar-refractivity contribution in [2.24, 2.45) is 5.92 Å². The van der Waals surface area contributed by atoms with Crippen molar-refractivity contribution in [3.8, 4) is 5.75 Å². The van der Waals surface area contributed by atoms with Crippen LogP contribution in [-0.4, -0.2) is 72.7 Å². The van der Waals surface area contributed by atoms with E-state index >= 15 is 0 Å². The molecule has 5 N–H and O–H groups in total. The van der Waals surface area contributed by atoms with Crippen LogP contribution in [0.5, 0.6) is 5.75 Å². The molecule has 0 radical (unpaired) electrons. The van der Waals surface area contributed by atoms with E-state index in [9.17, 15) is 20.1 Å². The predicted molar refractivity (Wildman–Crippen MR) is 204 cm³/mol. The Labute approximate surface area is 303 Å². The normalized spacial score (nSPS) is 16.8. The van der Waals surface area contributed by atoms with Crippen LogP contribution in [0.3, 0.4) is 0 Å². The fourth-order valence-electron chi connectivity index (χ4n) is 7.39. The van der Waals surface area contributed by atoms with Gasteiger partial charge in [-0.25, -0.2) is 4.98 Å². The second-order valence-corrected chi connectivity index (χ2v) is 14.5. The molecular weight excluding hydrogens is 640 g/mol. The smallest absolute Gasteiger partial charge is 0.248 e. The Balaban J connectivity index is 0.000000761. The lowest BCUT2D eigenvalue weighted by atomic mass is 9.96. The number of phenolic OH excluding ortho intramolecular Hbond substituents is 1. The van der Waals surface area contributed by atoms with Gasteiger partial charge in [0, 0.05) is 24.5 Å². The molecule has 1 saturated heterocycles. The molecule has 10 heteroatoms. The third-order valence-corrected chi connectivity index (χ3v) is 10.5. The highest BCUT2D eigenvalue weighted by Crippen LogP contribution is 2.28. The van der Waals surface area contributed by atoms with Crippen LogP contribution < -0.4 is 10.9 Å². The topological polar surface area (TPSA) is 140 Å². The Morgan fingerprint density at radius 2 is 1.49 bits per heavy atom. The molecule has 2 aromatic heterocycles. The van der Waals surface area contributed by atoms with Crippen molar-refractivity contribution < 1.29 is 15.3 Å². The molecular formula is C41H60N6O4. The van der Waals surface area contributed by atoms with Gasteiger partial charge in [-0.1, -0.05) is 107 Å². The minimum absolute atomic E-state index is 0.00337. The molecule has 51 heavy (non-hydrogen) atoms. The lowest BCUT2D eigenvalue weighted by molar-refractivity contribution is 0.167. The summed E-state index contributed by atoms with van der Waals surface area (Å²) in [5, 5.41) is 39.8. The lowest BCUT2D eigenvalue weighted by Gasteiger charge is -2.31. The van der Waals surface area contributed by atoms with Crippen LogP contribution in [-0.2, 0) is 6.54 Å². The average molecular weight is 701 g/mol. The van der Waals surface area contributed by atoms with Crippen LogP contribution in [0.2, 0.25) is 0 Å². The molecule has 1 saturated carbocycles. The van der Waals surface area contributed by atoms with Gasteiger partial charge >= 0.3 is 0 Å². The van der Waals surface area contributed by atoms with Gasteiger partial charge in [0.15, 0.2) is 5.82 Å². The van der Waals surface area contributed by atoms with E-state index in [1.807, 2.05) is 35.0 Å². The molecule has 2 fully saturated rings. The second-order valence-electron chi connectivity index (χ2n) is 14.5. The highest BCUT2D eigenvalue weighted by Gasteiger charge is 2.21. The van der Waals surface area contributed by atoms with Gasteiger partial charge in [0.2, 0.25) is 5.56 Å². The van der Waals surface area contributed by atoms with Crippen LogP contribution in [0.4, 0.5) is 0 Å². The summed E-state index contributed by atoms with van der Waals surface area (Å²) in [6.45, 7) is 5.61. The number of fused-ring (bicyclic) bond motifs is 1. The lowest BCUT2D eigenvalue weighted by Crippen LogP contribution is -2.35. The van der Waals surface area contributed by atoms with E-state index in [1.54, 1.807) is 18.5 Å². The summed E-state index contributed by atoms with van der Waals surface area (Å²) in [6, 6.07) is 15.8. The van der Waals surface area contributed by atoms with E-state index in [0.717, 1.165) is 38.2 Å². The number of pyridine rings is 1. The quantitative estimate of drug-likeness (QED) is 0.0742. The van der Waals surface area contributed by atoms with Gasteiger partial charge in [0.05, 0.1) is 11.6 Å². The van der Waals surface area contributed by atoms with E-state index in [2.05, 4.69) is 25.3 Å². The summed E-state index contributed by atoms with van der Waals surface area (Å²) >= 11 is 0. The number of aromatic amines is 1. The Morgan fingerprint density at radius 3 is 2.20 bits per heavy atom. The third-order valence-electron chi connectivity index (χ3n) is 10.5. The Morgan fingerprint density at radius 1 is 0.824 bits per heavy atom. The SMILES string of the molecule is C1CCCCC1.O=c1ccc2c(C(O)CNCCCCCCCCCN3CCC(Cn4cnc(C(O)c5ccccc5)n4)CC3)ccc(O)c2[nH]1. The molecule has 0 bridgehead atoms. The first-order chi connectivity index (χ1) is 25.0. The second kappa shape index (κ2) is 21.1. The largest absolute Gasteiger partial charge is 0.506 e. The molecule has 10 nitrogen and oxygen atoms in total. The number of likely N-dealkylation sites (tertiary alicyclic amines) is 1. The first kappa shape index (κ1) is 38.7. The number of phenols is 1. The number of rotatable bonds is 17. The number of aromatic hydroxyl groups is 1. The monoisotopic (exact) mass is 700 g/mol. The number of unbranched alkanes of at least 4 members (excludes halogenated alkanes) is 6. The number of hydrogen-bond acceptors (Lipinski definition) is 8. The van der Waals surface area contributed by atoms with Gasteiger partial charge < -0.3 is 30.5 Å². The van der Waals surface area contributed by atoms with Crippen LogP contribution in [0, 0.1) is 5.92 Å². The van der Waals surface area contributed by atoms with Crippen LogP contribution in [0.15, 0.2) is 65.7 Å².